The van der Waals surface area contributed by atoms with Crippen LogP contribution in [-0.4, -0.2) is 16.1 Å². The number of thiophene rings is 1. The number of hydrogen-bond acceptors (Lipinski definition) is 5. The summed E-state index contributed by atoms with van der Waals surface area (Å²) >= 11 is 6.69. The average molecular weight is 422 g/mol. The second kappa shape index (κ2) is 6.20. The predicted octanol–water partition coefficient (Wildman–Crippen LogP) is 4.78. The molecule has 3 atom stereocenters. The maximum atomic E-state index is 13.1. The summed E-state index contributed by atoms with van der Waals surface area (Å²) in [6.07, 6.45) is 10.3. The van der Waals surface area contributed by atoms with Gasteiger partial charge in [0.25, 0.3) is 0 Å². The fraction of sp³-hybridized carbons (Fsp3) is 0.353. The maximum absolute atomic E-state index is 13.1. The first kappa shape index (κ1) is 16.2. The standard InChI is InChI=1S/C17H16BrN3OS2/c1-17(15(22)20-16-21-19-9-23-16)8-12-11(7-13(18)24-12)14(17)10-5-3-2-4-6-10/h2-5,7,9-10,14H,6,8H2,1H3,(H,20,21,22)/t10?,14-,17+/m1/s1. The van der Waals surface area contributed by atoms with Gasteiger partial charge in [-0.3, -0.25) is 4.79 Å². The van der Waals surface area contributed by atoms with E-state index >= 15 is 0 Å². The second-order valence-corrected chi connectivity index (χ2v) is 9.76. The van der Waals surface area contributed by atoms with Crippen LogP contribution in [0, 0.1) is 11.3 Å². The first-order valence-electron chi connectivity index (χ1n) is 7.77. The molecule has 24 heavy (non-hydrogen) atoms. The van der Waals surface area contributed by atoms with Crippen LogP contribution in [0.25, 0.3) is 0 Å². The summed E-state index contributed by atoms with van der Waals surface area (Å²) in [6.45, 7) is 2.08. The van der Waals surface area contributed by atoms with Crippen LogP contribution in [0.3, 0.4) is 0 Å². The molecule has 2 aliphatic carbocycles. The van der Waals surface area contributed by atoms with E-state index in [2.05, 4.69) is 68.7 Å². The third-order valence-corrected chi connectivity index (χ3v) is 7.16. The van der Waals surface area contributed by atoms with E-state index < -0.39 is 5.41 Å². The zero-order valence-electron chi connectivity index (χ0n) is 13.0. The lowest BCUT2D eigenvalue weighted by atomic mass is 9.69. The van der Waals surface area contributed by atoms with Crippen molar-refractivity contribution < 1.29 is 4.79 Å². The zero-order chi connectivity index (χ0) is 16.7. The number of fused-ring (bicyclic) bond motifs is 1. The highest BCUT2D eigenvalue weighted by Crippen LogP contribution is 2.56. The highest BCUT2D eigenvalue weighted by molar-refractivity contribution is 9.11. The molecule has 0 bridgehead atoms. The molecule has 0 saturated carbocycles. The fourth-order valence-corrected chi connectivity index (χ4v) is 6.21. The lowest BCUT2D eigenvalue weighted by Gasteiger charge is -2.35. The van der Waals surface area contributed by atoms with E-state index in [0.29, 0.717) is 11.0 Å². The predicted molar refractivity (Wildman–Crippen MR) is 101 cm³/mol. The first-order chi connectivity index (χ1) is 11.6. The van der Waals surface area contributed by atoms with Crippen LogP contribution in [0.15, 0.2) is 39.7 Å². The number of carbonyl (C=O) groups is 1. The van der Waals surface area contributed by atoms with Gasteiger partial charge in [-0.2, -0.15) is 0 Å². The Kier molecular flexibility index (Phi) is 4.18. The number of nitrogens with zero attached hydrogens (tertiary/aromatic N) is 2. The number of rotatable bonds is 3. The summed E-state index contributed by atoms with van der Waals surface area (Å²) < 4.78 is 1.14. The van der Waals surface area contributed by atoms with Gasteiger partial charge in [-0.25, -0.2) is 0 Å². The molecule has 1 unspecified atom stereocenters. The topological polar surface area (TPSA) is 54.9 Å². The maximum Gasteiger partial charge on any atom is 0.233 e. The van der Waals surface area contributed by atoms with Crippen molar-refractivity contribution in [3.8, 4) is 0 Å². The number of allylic oxidation sites excluding steroid dienone is 4. The Labute approximate surface area is 156 Å². The summed E-state index contributed by atoms with van der Waals surface area (Å²) in [5.41, 5.74) is 2.46. The van der Waals surface area contributed by atoms with Gasteiger partial charge in [0.1, 0.15) is 5.51 Å². The van der Waals surface area contributed by atoms with E-state index in [0.717, 1.165) is 16.6 Å². The molecule has 0 aromatic carbocycles. The third-order valence-electron chi connectivity index (χ3n) is 4.90. The Hall–Kier alpha value is -1.31. The van der Waals surface area contributed by atoms with Crippen molar-refractivity contribution in [2.24, 2.45) is 11.3 Å². The van der Waals surface area contributed by atoms with Crippen molar-refractivity contribution in [3.05, 3.63) is 50.1 Å². The van der Waals surface area contributed by atoms with Crippen LogP contribution in [0.1, 0.15) is 29.7 Å². The first-order valence-corrected chi connectivity index (χ1v) is 10.3. The average Bonchev–Trinajstić information content (AvgIpc) is 3.24. The molecule has 4 nitrogen and oxygen atoms in total. The Bertz CT molecular complexity index is 827. The summed E-state index contributed by atoms with van der Waals surface area (Å²) in [6, 6.07) is 2.19. The van der Waals surface area contributed by atoms with Crippen molar-refractivity contribution in [1.82, 2.24) is 10.2 Å². The fourth-order valence-electron chi connectivity index (χ4n) is 3.84. The van der Waals surface area contributed by atoms with E-state index in [1.165, 1.54) is 21.8 Å². The molecule has 2 aromatic heterocycles. The minimum atomic E-state index is -0.478. The van der Waals surface area contributed by atoms with E-state index in [1.807, 2.05) is 0 Å². The van der Waals surface area contributed by atoms with Gasteiger partial charge >= 0.3 is 0 Å². The molecule has 0 fully saturated rings. The number of amides is 1. The van der Waals surface area contributed by atoms with Crippen molar-refractivity contribution in [2.45, 2.75) is 25.7 Å². The Morgan fingerprint density at radius 3 is 3.04 bits per heavy atom. The van der Waals surface area contributed by atoms with Gasteiger partial charge in [-0.1, -0.05) is 35.6 Å². The normalized spacial score (nSPS) is 28.1. The molecule has 0 spiro atoms. The molecule has 0 radical (unpaired) electrons. The van der Waals surface area contributed by atoms with E-state index in [1.54, 1.807) is 16.8 Å². The van der Waals surface area contributed by atoms with Gasteiger partial charge in [0, 0.05) is 10.8 Å². The largest absolute Gasteiger partial charge is 0.300 e. The Balaban J connectivity index is 1.70. The van der Waals surface area contributed by atoms with Gasteiger partial charge in [0.2, 0.25) is 11.0 Å². The summed E-state index contributed by atoms with van der Waals surface area (Å²) in [4.78, 5) is 14.4. The van der Waals surface area contributed by atoms with Crippen molar-refractivity contribution in [2.75, 3.05) is 5.32 Å². The van der Waals surface area contributed by atoms with E-state index in [9.17, 15) is 4.79 Å². The van der Waals surface area contributed by atoms with E-state index in [-0.39, 0.29) is 11.8 Å². The number of carbonyl (C=O) groups excluding carboxylic acids is 1. The van der Waals surface area contributed by atoms with Gasteiger partial charge in [-0.05, 0) is 53.2 Å². The van der Waals surface area contributed by atoms with Gasteiger partial charge in [-0.15, -0.1) is 21.5 Å². The van der Waals surface area contributed by atoms with Gasteiger partial charge < -0.3 is 5.32 Å². The van der Waals surface area contributed by atoms with Crippen LogP contribution in [-0.2, 0) is 11.2 Å². The molecule has 1 N–H and O–H groups in total. The molecule has 7 heteroatoms. The minimum absolute atomic E-state index is 0.0340. The van der Waals surface area contributed by atoms with E-state index in [4.69, 9.17) is 0 Å². The van der Waals surface area contributed by atoms with Crippen molar-refractivity contribution >= 4 is 49.6 Å². The lowest BCUT2D eigenvalue weighted by Crippen LogP contribution is -2.39. The number of hydrogen-bond donors (Lipinski definition) is 1. The van der Waals surface area contributed by atoms with Crippen LogP contribution >= 0.6 is 38.6 Å². The van der Waals surface area contributed by atoms with Crippen LogP contribution in [0.2, 0.25) is 0 Å². The molecule has 0 aliphatic heterocycles. The molecule has 0 saturated heterocycles. The number of aromatic nitrogens is 2. The van der Waals surface area contributed by atoms with Crippen molar-refractivity contribution in [3.63, 3.8) is 0 Å². The quantitative estimate of drug-likeness (QED) is 0.775. The summed E-state index contributed by atoms with van der Waals surface area (Å²) in [5, 5.41) is 11.3. The van der Waals surface area contributed by atoms with Crippen molar-refractivity contribution in [1.29, 1.82) is 0 Å². The smallest absolute Gasteiger partial charge is 0.233 e. The molecular formula is C17H16BrN3OS2. The van der Waals surface area contributed by atoms with Crippen LogP contribution in [0.4, 0.5) is 5.13 Å². The van der Waals surface area contributed by atoms with Crippen LogP contribution < -0.4 is 5.32 Å². The molecule has 124 valence electrons. The lowest BCUT2D eigenvalue weighted by molar-refractivity contribution is -0.126. The molecule has 4 rings (SSSR count). The second-order valence-electron chi connectivity index (χ2n) is 6.41. The van der Waals surface area contributed by atoms with Gasteiger partial charge in [0.05, 0.1) is 9.20 Å². The number of anilines is 1. The molecule has 2 aliphatic rings. The third kappa shape index (κ3) is 2.68. The SMILES string of the molecule is C[C@]1(C(=O)Nc2nncs2)Cc2sc(Br)cc2[C@H]1C1C=CC=CC1. The summed E-state index contributed by atoms with van der Waals surface area (Å²) in [7, 11) is 0. The molecule has 1 amide bonds. The minimum Gasteiger partial charge on any atom is -0.300 e. The number of halogens is 1. The molecular weight excluding hydrogens is 406 g/mol. The monoisotopic (exact) mass is 421 g/mol. The number of nitrogens with one attached hydrogen (secondary N) is 1. The van der Waals surface area contributed by atoms with Crippen LogP contribution in [0.5, 0.6) is 0 Å². The molecule has 2 aromatic rings. The zero-order valence-corrected chi connectivity index (χ0v) is 16.2. The van der Waals surface area contributed by atoms with Gasteiger partial charge in [0.15, 0.2) is 0 Å². The Morgan fingerprint density at radius 2 is 2.33 bits per heavy atom. The Morgan fingerprint density at radius 1 is 1.46 bits per heavy atom. The highest BCUT2D eigenvalue weighted by atomic mass is 79.9. The molecule has 2 heterocycles. The summed E-state index contributed by atoms with van der Waals surface area (Å²) in [5.74, 6) is 0.541. The highest BCUT2D eigenvalue weighted by Gasteiger charge is 2.51.